The summed E-state index contributed by atoms with van der Waals surface area (Å²) >= 11 is 0. The lowest BCUT2D eigenvalue weighted by atomic mass is 9.69. The van der Waals surface area contributed by atoms with Gasteiger partial charge in [0.15, 0.2) is 0 Å². The molecule has 1 nitrogen and oxygen atoms in total. The summed E-state index contributed by atoms with van der Waals surface area (Å²) in [6, 6.07) is 3.09. The van der Waals surface area contributed by atoms with E-state index in [0.29, 0.717) is 23.8 Å². The molecule has 2 aliphatic carbocycles. The van der Waals surface area contributed by atoms with Crippen molar-refractivity contribution in [1.29, 1.82) is 5.26 Å². The van der Waals surface area contributed by atoms with Gasteiger partial charge in [-0.15, -0.1) is 0 Å². The van der Waals surface area contributed by atoms with E-state index in [2.05, 4.69) is 6.92 Å². The molecule has 1 aromatic rings. The SMILES string of the molecule is CCCCCCC1CCC(C2CCc3c(cc(F)c(C#N)c3F)C2)CC1. The predicted octanol–water partition coefficient (Wildman–Crippen LogP) is 6.72. The van der Waals surface area contributed by atoms with Gasteiger partial charge in [-0.25, -0.2) is 8.78 Å². The molecule has 142 valence electrons. The van der Waals surface area contributed by atoms with E-state index < -0.39 is 17.2 Å². The molecule has 0 aromatic heterocycles. The molecule has 0 amide bonds. The number of nitriles is 1. The Hall–Kier alpha value is -1.43. The van der Waals surface area contributed by atoms with Crippen molar-refractivity contribution < 1.29 is 8.78 Å². The van der Waals surface area contributed by atoms with Crippen LogP contribution in [0.15, 0.2) is 6.07 Å². The Morgan fingerprint density at radius 2 is 1.81 bits per heavy atom. The van der Waals surface area contributed by atoms with Crippen molar-refractivity contribution in [3.05, 3.63) is 34.4 Å². The van der Waals surface area contributed by atoms with Crippen molar-refractivity contribution in [3.63, 3.8) is 0 Å². The van der Waals surface area contributed by atoms with Gasteiger partial charge in [-0.2, -0.15) is 5.26 Å². The molecule has 1 fully saturated rings. The van der Waals surface area contributed by atoms with Gasteiger partial charge in [0.1, 0.15) is 23.3 Å². The Labute approximate surface area is 156 Å². The first-order valence-electron chi connectivity index (χ1n) is 10.5. The fraction of sp³-hybridized carbons (Fsp3) is 0.696. The maximum Gasteiger partial charge on any atom is 0.147 e. The maximum atomic E-state index is 14.3. The molecule has 1 saturated carbocycles. The zero-order valence-electron chi connectivity index (χ0n) is 16.0. The Kier molecular flexibility index (Phi) is 6.68. The lowest BCUT2D eigenvalue weighted by Gasteiger charge is -2.36. The van der Waals surface area contributed by atoms with Gasteiger partial charge in [0.05, 0.1) is 0 Å². The second-order valence-corrected chi connectivity index (χ2v) is 8.43. The molecule has 0 spiro atoms. The normalized spacial score (nSPS) is 25.5. The van der Waals surface area contributed by atoms with Crippen LogP contribution < -0.4 is 0 Å². The van der Waals surface area contributed by atoms with Crippen LogP contribution in [0.1, 0.15) is 87.8 Å². The van der Waals surface area contributed by atoms with Crippen LogP contribution in [-0.4, -0.2) is 0 Å². The van der Waals surface area contributed by atoms with Gasteiger partial charge in [0, 0.05) is 0 Å². The van der Waals surface area contributed by atoms with Crippen molar-refractivity contribution in [3.8, 4) is 6.07 Å². The van der Waals surface area contributed by atoms with Crippen LogP contribution in [0.2, 0.25) is 0 Å². The molecular weight excluding hydrogens is 328 g/mol. The standard InChI is InChI=1S/C23H31F2N/c1-2-3-4-5-6-16-7-9-17(10-8-16)18-11-12-20-19(13-18)14-22(24)21(15-26)23(20)25/h14,16-18H,2-13H2,1H3. The minimum atomic E-state index is -0.694. The molecule has 26 heavy (non-hydrogen) atoms. The van der Waals surface area contributed by atoms with Crippen LogP contribution in [0, 0.1) is 40.7 Å². The fourth-order valence-corrected chi connectivity index (χ4v) is 5.19. The molecule has 3 rings (SSSR count). The monoisotopic (exact) mass is 359 g/mol. The summed E-state index contributed by atoms with van der Waals surface area (Å²) in [5.74, 6) is 0.844. The Morgan fingerprint density at radius 3 is 2.50 bits per heavy atom. The number of hydrogen-bond donors (Lipinski definition) is 0. The highest BCUT2D eigenvalue weighted by atomic mass is 19.1. The molecule has 0 N–H and O–H groups in total. The van der Waals surface area contributed by atoms with E-state index in [1.807, 2.05) is 0 Å². The molecule has 0 bridgehead atoms. The quantitative estimate of drug-likeness (QED) is 0.517. The van der Waals surface area contributed by atoms with E-state index in [9.17, 15) is 8.78 Å². The minimum absolute atomic E-state index is 0.411. The van der Waals surface area contributed by atoms with Crippen LogP contribution in [0.5, 0.6) is 0 Å². The van der Waals surface area contributed by atoms with Crippen LogP contribution in [-0.2, 0) is 12.8 Å². The largest absolute Gasteiger partial charge is 0.205 e. The molecule has 2 aliphatic rings. The van der Waals surface area contributed by atoms with Crippen LogP contribution in [0.3, 0.4) is 0 Å². The average molecular weight is 360 g/mol. The summed E-state index contributed by atoms with van der Waals surface area (Å²) in [4.78, 5) is 0. The summed E-state index contributed by atoms with van der Waals surface area (Å²) in [5, 5.41) is 8.94. The third kappa shape index (κ3) is 4.27. The highest BCUT2D eigenvalue weighted by Crippen LogP contribution is 2.41. The van der Waals surface area contributed by atoms with Gasteiger partial charge >= 0.3 is 0 Å². The summed E-state index contributed by atoms with van der Waals surface area (Å²) in [5.41, 5.74) is 0.978. The van der Waals surface area contributed by atoms with Crippen molar-refractivity contribution in [1.82, 2.24) is 0 Å². The van der Waals surface area contributed by atoms with Crippen LogP contribution in [0.25, 0.3) is 0 Å². The third-order valence-corrected chi connectivity index (χ3v) is 6.79. The van der Waals surface area contributed by atoms with Crippen molar-refractivity contribution >= 4 is 0 Å². The molecular formula is C23H31F2N. The van der Waals surface area contributed by atoms with E-state index in [1.165, 1.54) is 63.9 Å². The molecule has 0 heterocycles. The molecule has 1 atom stereocenters. The first kappa shape index (κ1) is 19.3. The second kappa shape index (κ2) is 8.98. The lowest BCUT2D eigenvalue weighted by Crippen LogP contribution is -2.27. The highest BCUT2D eigenvalue weighted by Gasteiger charge is 2.32. The van der Waals surface area contributed by atoms with Crippen molar-refractivity contribution in [2.45, 2.75) is 84.0 Å². The van der Waals surface area contributed by atoms with Crippen LogP contribution in [0.4, 0.5) is 8.78 Å². The summed E-state index contributed by atoms with van der Waals surface area (Å²) in [6.45, 7) is 2.26. The zero-order chi connectivity index (χ0) is 18.5. The van der Waals surface area contributed by atoms with E-state index in [4.69, 9.17) is 5.26 Å². The smallest absolute Gasteiger partial charge is 0.147 e. The first-order valence-corrected chi connectivity index (χ1v) is 10.5. The topological polar surface area (TPSA) is 23.8 Å². The number of hydrogen-bond acceptors (Lipinski definition) is 1. The molecule has 3 heteroatoms. The van der Waals surface area contributed by atoms with Gasteiger partial charge in [0.2, 0.25) is 0 Å². The molecule has 1 aromatic carbocycles. The Balaban J connectivity index is 1.55. The Morgan fingerprint density at radius 1 is 1.04 bits per heavy atom. The number of rotatable bonds is 6. The van der Waals surface area contributed by atoms with Crippen molar-refractivity contribution in [2.24, 2.45) is 17.8 Å². The van der Waals surface area contributed by atoms with Gasteiger partial charge in [-0.05, 0) is 67.1 Å². The number of benzene rings is 1. The number of fused-ring (bicyclic) bond motifs is 1. The van der Waals surface area contributed by atoms with Gasteiger partial charge in [-0.3, -0.25) is 0 Å². The molecule has 0 saturated heterocycles. The summed E-state index contributed by atoms with van der Waals surface area (Å²) in [6.07, 6.45) is 14.4. The Bertz CT molecular complexity index is 653. The number of halogens is 2. The average Bonchev–Trinajstić information content (AvgIpc) is 2.65. The zero-order valence-corrected chi connectivity index (χ0v) is 16.0. The van der Waals surface area contributed by atoms with Gasteiger partial charge < -0.3 is 0 Å². The van der Waals surface area contributed by atoms with Gasteiger partial charge in [-0.1, -0.05) is 51.9 Å². The minimum Gasteiger partial charge on any atom is -0.205 e. The van der Waals surface area contributed by atoms with E-state index in [0.717, 1.165) is 24.3 Å². The van der Waals surface area contributed by atoms with E-state index in [1.54, 1.807) is 6.07 Å². The van der Waals surface area contributed by atoms with Crippen molar-refractivity contribution in [2.75, 3.05) is 0 Å². The fourth-order valence-electron chi connectivity index (χ4n) is 5.19. The van der Waals surface area contributed by atoms with E-state index in [-0.39, 0.29) is 0 Å². The molecule has 0 aliphatic heterocycles. The van der Waals surface area contributed by atoms with E-state index >= 15 is 0 Å². The molecule has 1 unspecified atom stereocenters. The van der Waals surface area contributed by atoms with Gasteiger partial charge in [0.25, 0.3) is 0 Å². The highest BCUT2D eigenvalue weighted by molar-refractivity contribution is 5.42. The summed E-state index contributed by atoms with van der Waals surface area (Å²) in [7, 11) is 0. The molecule has 0 radical (unpaired) electrons. The third-order valence-electron chi connectivity index (χ3n) is 6.79. The van der Waals surface area contributed by atoms with Crippen LogP contribution >= 0.6 is 0 Å². The predicted molar refractivity (Wildman–Crippen MR) is 101 cm³/mol. The first-order chi connectivity index (χ1) is 12.6. The maximum absolute atomic E-state index is 14.3. The summed E-state index contributed by atoms with van der Waals surface area (Å²) < 4.78 is 28.3. The number of unbranched alkanes of at least 4 members (excludes halogenated alkanes) is 3. The second-order valence-electron chi connectivity index (χ2n) is 8.43. The number of nitrogens with zero attached hydrogens (tertiary/aromatic N) is 1. The lowest BCUT2D eigenvalue weighted by molar-refractivity contribution is 0.182.